The number of hydrogen-bond acceptors (Lipinski definition) is 8. The first kappa shape index (κ1) is 19.4. The van der Waals surface area contributed by atoms with E-state index in [0.29, 0.717) is 5.01 Å². The van der Waals surface area contributed by atoms with Crippen LogP contribution in [0.3, 0.4) is 0 Å². The molecular formula is C19H10N4O8. The number of rotatable bonds is 4. The van der Waals surface area contributed by atoms with Crippen molar-refractivity contribution in [1.29, 1.82) is 0 Å². The maximum Gasteiger partial charge on any atom is 0.284 e. The number of aromatic hydroxyl groups is 1. The lowest BCUT2D eigenvalue weighted by Crippen LogP contribution is -2.51. The number of nitrogens with zero attached hydrogens (tertiary/aromatic N) is 3. The number of hydrogen-bond donors (Lipinski definition) is 2. The van der Waals surface area contributed by atoms with Crippen molar-refractivity contribution in [3.63, 3.8) is 0 Å². The third-order valence-corrected chi connectivity index (χ3v) is 4.72. The SMILES string of the molecule is O=C(NN1C(=O)c2ccc([N+](=O)[O-])c3c([N+](=O)[O-])ccc(c23)C1=O)c1ccc(O)cc1. The minimum absolute atomic E-state index is 0.0433. The molecule has 0 atom stereocenters. The summed E-state index contributed by atoms with van der Waals surface area (Å²) >= 11 is 0. The highest BCUT2D eigenvalue weighted by Gasteiger charge is 2.38. The Balaban J connectivity index is 1.85. The third-order valence-electron chi connectivity index (χ3n) is 4.72. The second kappa shape index (κ2) is 6.88. The van der Waals surface area contributed by atoms with Gasteiger partial charge in [-0.15, -0.1) is 0 Å². The van der Waals surface area contributed by atoms with E-state index in [0.717, 1.165) is 24.3 Å². The van der Waals surface area contributed by atoms with E-state index in [9.17, 15) is 39.7 Å². The van der Waals surface area contributed by atoms with Gasteiger partial charge < -0.3 is 5.11 Å². The summed E-state index contributed by atoms with van der Waals surface area (Å²) in [6.07, 6.45) is 0. The lowest BCUT2D eigenvalue weighted by Gasteiger charge is -2.27. The Morgan fingerprint density at radius 1 is 0.806 bits per heavy atom. The Kier molecular flexibility index (Phi) is 4.31. The molecule has 3 amide bonds. The predicted molar refractivity (Wildman–Crippen MR) is 103 cm³/mol. The third kappa shape index (κ3) is 2.98. The molecule has 0 aromatic heterocycles. The van der Waals surface area contributed by atoms with Crippen LogP contribution in [0.15, 0.2) is 48.5 Å². The number of carbonyl (C=O) groups excluding carboxylic acids is 3. The summed E-state index contributed by atoms with van der Waals surface area (Å²) < 4.78 is 0. The molecule has 12 heteroatoms. The van der Waals surface area contributed by atoms with E-state index in [1.165, 1.54) is 24.3 Å². The standard InChI is InChI=1S/C19H10N4O8/c24-10-3-1-9(2-4-10)17(25)20-21-18(26)11-5-7-13(22(28)29)16-14(23(30)31)8-6-12(15(11)16)19(21)27/h1-8,24H,(H,20,25). The number of nitrogens with one attached hydrogen (secondary N) is 1. The Morgan fingerprint density at radius 3 is 1.74 bits per heavy atom. The van der Waals surface area contributed by atoms with Crippen molar-refractivity contribution >= 4 is 39.9 Å². The van der Waals surface area contributed by atoms with E-state index in [1.54, 1.807) is 0 Å². The zero-order chi connectivity index (χ0) is 22.4. The van der Waals surface area contributed by atoms with Gasteiger partial charge in [-0.1, -0.05) is 0 Å². The molecule has 1 aliphatic rings. The quantitative estimate of drug-likeness (QED) is 0.366. The maximum absolute atomic E-state index is 12.9. The zero-order valence-electron chi connectivity index (χ0n) is 15.3. The summed E-state index contributed by atoms with van der Waals surface area (Å²) in [4.78, 5) is 59.4. The van der Waals surface area contributed by atoms with Crippen molar-refractivity contribution in [1.82, 2.24) is 10.4 Å². The zero-order valence-corrected chi connectivity index (χ0v) is 15.3. The van der Waals surface area contributed by atoms with Gasteiger partial charge in [0, 0.05) is 23.1 Å². The topological polar surface area (TPSA) is 173 Å². The smallest absolute Gasteiger partial charge is 0.284 e. The van der Waals surface area contributed by atoms with E-state index < -0.39 is 44.3 Å². The van der Waals surface area contributed by atoms with Crippen LogP contribution in [-0.2, 0) is 0 Å². The van der Waals surface area contributed by atoms with Crippen molar-refractivity contribution in [3.05, 3.63) is 85.4 Å². The summed E-state index contributed by atoms with van der Waals surface area (Å²) in [6, 6.07) is 9.02. The van der Waals surface area contributed by atoms with E-state index in [4.69, 9.17) is 0 Å². The summed E-state index contributed by atoms with van der Waals surface area (Å²) in [5, 5.41) is 31.9. The number of carbonyl (C=O) groups is 3. The molecule has 2 N–H and O–H groups in total. The largest absolute Gasteiger partial charge is 0.508 e. The number of benzene rings is 3. The lowest BCUT2D eigenvalue weighted by molar-refractivity contribution is -0.390. The molecule has 0 aliphatic carbocycles. The number of nitro benzene ring substituents is 2. The highest BCUT2D eigenvalue weighted by atomic mass is 16.6. The number of non-ortho nitro benzene ring substituents is 2. The number of nitro groups is 2. The lowest BCUT2D eigenvalue weighted by atomic mass is 9.92. The fraction of sp³-hybridized carbons (Fsp3) is 0. The van der Waals surface area contributed by atoms with E-state index in [1.807, 2.05) is 0 Å². The number of imide groups is 1. The van der Waals surface area contributed by atoms with Gasteiger partial charge in [-0.05, 0) is 36.4 Å². The summed E-state index contributed by atoms with van der Waals surface area (Å²) in [7, 11) is 0. The molecule has 0 unspecified atom stereocenters. The molecule has 3 aromatic carbocycles. The molecule has 0 saturated carbocycles. The van der Waals surface area contributed by atoms with Crippen LogP contribution in [-0.4, -0.2) is 37.7 Å². The Labute approximate surface area is 171 Å². The first-order valence-corrected chi connectivity index (χ1v) is 8.58. The van der Waals surface area contributed by atoms with Crippen molar-refractivity contribution in [3.8, 4) is 5.75 Å². The monoisotopic (exact) mass is 422 g/mol. The minimum Gasteiger partial charge on any atom is -0.508 e. The van der Waals surface area contributed by atoms with Crippen LogP contribution in [0.1, 0.15) is 31.1 Å². The molecule has 0 radical (unpaired) electrons. The second-order valence-electron chi connectivity index (χ2n) is 6.46. The summed E-state index contributed by atoms with van der Waals surface area (Å²) in [5.41, 5.74) is 0.506. The maximum atomic E-state index is 12.9. The Hall–Kier alpha value is -4.87. The van der Waals surface area contributed by atoms with Gasteiger partial charge in [0.1, 0.15) is 11.1 Å². The first-order chi connectivity index (χ1) is 14.7. The van der Waals surface area contributed by atoms with Gasteiger partial charge in [0.25, 0.3) is 29.1 Å². The van der Waals surface area contributed by atoms with Crippen molar-refractivity contribution < 1.29 is 29.3 Å². The molecule has 0 spiro atoms. The van der Waals surface area contributed by atoms with Gasteiger partial charge in [-0.2, -0.15) is 5.01 Å². The first-order valence-electron chi connectivity index (χ1n) is 8.58. The molecule has 31 heavy (non-hydrogen) atoms. The number of phenolic OH excluding ortho intramolecular Hbond substituents is 1. The average Bonchev–Trinajstić information content (AvgIpc) is 2.74. The van der Waals surface area contributed by atoms with Gasteiger partial charge in [-0.25, -0.2) is 0 Å². The van der Waals surface area contributed by atoms with Crippen LogP contribution in [0.25, 0.3) is 10.8 Å². The summed E-state index contributed by atoms with van der Waals surface area (Å²) in [5.74, 6) is -2.94. The number of phenols is 1. The average molecular weight is 422 g/mol. The molecule has 0 fully saturated rings. The van der Waals surface area contributed by atoms with Crippen molar-refractivity contribution in [2.75, 3.05) is 0 Å². The van der Waals surface area contributed by atoms with Crippen LogP contribution < -0.4 is 5.43 Å². The van der Waals surface area contributed by atoms with Crippen LogP contribution in [0.2, 0.25) is 0 Å². The normalized spacial score (nSPS) is 12.7. The Morgan fingerprint density at radius 2 is 1.29 bits per heavy atom. The van der Waals surface area contributed by atoms with Gasteiger partial charge in [0.05, 0.1) is 21.0 Å². The van der Waals surface area contributed by atoms with E-state index in [2.05, 4.69) is 5.43 Å². The second-order valence-corrected chi connectivity index (χ2v) is 6.46. The summed E-state index contributed by atoms with van der Waals surface area (Å²) in [6.45, 7) is 0. The van der Waals surface area contributed by atoms with Crippen LogP contribution in [0.4, 0.5) is 11.4 Å². The predicted octanol–water partition coefficient (Wildman–Crippen LogP) is 2.30. The molecule has 4 rings (SSSR count). The molecule has 3 aromatic rings. The van der Waals surface area contributed by atoms with Crippen LogP contribution in [0.5, 0.6) is 5.75 Å². The number of amides is 3. The van der Waals surface area contributed by atoms with Crippen LogP contribution >= 0.6 is 0 Å². The fourth-order valence-corrected chi connectivity index (χ4v) is 3.33. The fourth-order valence-electron chi connectivity index (χ4n) is 3.33. The highest BCUT2D eigenvalue weighted by molar-refractivity contribution is 6.28. The van der Waals surface area contributed by atoms with E-state index >= 15 is 0 Å². The molecule has 12 nitrogen and oxygen atoms in total. The van der Waals surface area contributed by atoms with Crippen LogP contribution in [0, 0.1) is 20.2 Å². The van der Waals surface area contributed by atoms with Crippen molar-refractivity contribution in [2.24, 2.45) is 0 Å². The molecule has 0 saturated heterocycles. The molecule has 154 valence electrons. The minimum atomic E-state index is -1.01. The molecule has 1 aliphatic heterocycles. The number of hydrazine groups is 1. The van der Waals surface area contributed by atoms with Gasteiger partial charge >= 0.3 is 0 Å². The highest BCUT2D eigenvalue weighted by Crippen LogP contribution is 2.40. The Bertz CT molecular complexity index is 1260. The van der Waals surface area contributed by atoms with Gasteiger partial charge in [0.15, 0.2) is 0 Å². The van der Waals surface area contributed by atoms with Crippen molar-refractivity contribution in [2.45, 2.75) is 0 Å². The van der Waals surface area contributed by atoms with E-state index in [-0.39, 0.29) is 27.8 Å². The van der Waals surface area contributed by atoms with Gasteiger partial charge in [-0.3, -0.25) is 40.0 Å². The molecule has 1 heterocycles. The van der Waals surface area contributed by atoms with Gasteiger partial charge in [0.2, 0.25) is 0 Å². The molecule has 0 bridgehead atoms. The molecular weight excluding hydrogens is 412 g/mol.